The van der Waals surface area contributed by atoms with E-state index >= 15 is 0 Å². The Morgan fingerprint density at radius 3 is 2.63 bits per heavy atom. The van der Waals surface area contributed by atoms with E-state index in [4.69, 9.17) is 0 Å². The number of carbonyl (C=O) groups is 1. The molecule has 0 spiro atoms. The number of anilines is 1. The highest BCUT2D eigenvalue weighted by Gasteiger charge is 2.14. The van der Waals surface area contributed by atoms with Crippen LogP contribution < -0.4 is 5.32 Å². The lowest BCUT2D eigenvalue weighted by Crippen LogP contribution is -2.14. The van der Waals surface area contributed by atoms with Crippen molar-refractivity contribution in [3.63, 3.8) is 0 Å². The highest BCUT2D eigenvalue weighted by Crippen LogP contribution is 2.24. The van der Waals surface area contributed by atoms with Crippen LogP contribution in [0.15, 0.2) is 53.7 Å². The molecule has 0 fully saturated rings. The molecule has 0 aliphatic rings. The van der Waals surface area contributed by atoms with Crippen molar-refractivity contribution in [1.29, 1.82) is 0 Å². The molecule has 2 aromatic heterocycles. The van der Waals surface area contributed by atoms with Gasteiger partial charge in [-0.2, -0.15) is 4.98 Å². The molecule has 2 heterocycles. The second-order valence-electron chi connectivity index (χ2n) is 7.36. The second-order valence-corrected chi connectivity index (χ2v) is 8.31. The van der Waals surface area contributed by atoms with Crippen LogP contribution in [0.4, 0.5) is 5.69 Å². The van der Waals surface area contributed by atoms with E-state index in [0.717, 1.165) is 28.2 Å². The lowest BCUT2D eigenvalue weighted by Gasteiger charge is -2.12. The Hall–Kier alpha value is -3.19. The average molecular weight is 418 g/mol. The van der Waals surface area contributed by atoms with Crippen molar-refractivity contribution in [2.45, 2.75) is 38.6 Å². The Morgan fingerprint density at radius 2 is 1.83 bits per heavy atom. The molecule has 6 nitrogen and oxygen atoms in total. The molecule has 1 amide bonds. The van der Waals surface area contributed by atoms with Gasteiger partial charge < -0.3 is 5.32 Å². The van der Waals surface area contributed by atoms with Crippen LogP contribution in [0.25, 0.3) is 5.78 Å². The van der Waals surface area contributed by atoms with Crippen LogP contribution in [0.3, 0.4) is 0 Å². The first-order valence-corrected chi connectivity index (χ1v) is 10.7. The molecule has 1 N–H and O–H groups in total. The summed E-state index contributed by atoms with van der Waals surface area (Å²) in [6, 6.07) is 15.6. The molecule has 0 bridgehead atoms. The summed E-state index contributed by atoms with van der Waals surface area (Å²) in [6.45, 7) is 7.96. The first-order valence-electron chi connectivity index (χ1n) is 9.71. The topological polar surface area (TPSA) is 72.2 Å². The second kappa shape index (κ2) is 8.28. The fraction of sp³-hybridized carbons (Fsp3) is 0.217. The molecule has 0 atom stereocenters. The normalized spacial score (nSPS) is 11.1. The van der Waals surface area contributed by atoms with E-state index in [1.54, 1.807) is 4.52 Å². The molecule has 0 aliphatic heterocycles. The number of aryl methyl sites for hydroxylation is 4. The van der Waals surface area contributed by atoms with Gasteiger partial charge >= 0.3 is 0 Å². The first kappa shape index (κ1) is 20.1. The highest BCUT2D eigenvalue weighted by molar-refractivity contribution is 7.98. The van der Waals surface area contributed by atoms with Gasteiger partial charge in [0, 0.05) is 28.4 Å². The molecule has 4 aromatic rings. The van der Waals surface area contributed by atoms with Gasteiger partial charge in [-0.3, -0.25) is 4.79 Å². The third-order valence-corrected chi connectivity index (χ3v) is 5.73. The van der Waals surface area contributed by atoms with Gasteiger partial charge in [0.2, 0.25) is 5.16 Å². The number of hydrogen-bond acceptors (Lipinski definition) is 5. The van der Waals surface area contributed by atoms with Crippen LogP contribution in [0.1, 0.15) is 38.4 Å². The SMILES string of the molecule is Cc1ccc(NC(=O)c2ccccc2CSc2nc3nc(C)cc(C)n3n2)c(C)c1. The van der Waals surface area contributed by atoms with E-state index in [1.807, 2.05) is 70.2 Å². The molecule has 0 aliphatic carbocycles. The minimum Gasteiger partial charge on any atom is -0.322 e. The number of benzene rings is 2. The van der Waals surface area contributed by atoms with E-state index in [-0.39, 0.29) is 5.91 Å². The number of fused-ring (bicyclic) bond motifs is 1. The Balaban J connectivity index is 1.53. The fourth-order valence-electron chi connectivity index (χ4n) is 3.36. The Bertz CT molecular complexity index is 1250. The molecule has 0 saturated heterocycles. The fourth-order valence-corrected chi connectivity index (χ4v) is 4.18. The van der Waals surface area contributed by atoms with Crippen molar-refractivity contribution >= 4 is 29.1 Å². The molecule has 30 heavy (non-hydrogen) atoms. The maximum atomic E-state index is 12.9. The van der Waals surface area contributed by atoms with Crippen LogP contribution in [0.5, 0.6) is 0 Å². The maximum absolute atomic E-state index is 12.9. The zero-order valence-corrected chi connectivity index (χ0v) is 18.2. The minimum atomic E-state index is -0.116. The maximum Gasteiger partial charge on any atom is 0.255 e. The third kappa shape index (κ3) is 4.21. The van der Waals surface area contributed by atoms with Crippen molar-refractivity contribution in [2.24, 2.45) is 0 Å². The summed E-state index contributed by atoms with van der Waals surface area (Å²) >= 11 is 1.49. The quantitative estimate of drug-likeness (QED) is 0.468. The summed E-state index contributed by atoms with van der Waals surface area (Å²) in [5.41, 5.74) is 6.53. The van der Waals surface area contributed by atoms with Gasteiger partial charge in [0.15, 0.2) is 0 Å². The summed E-state index contributed by atoms with van der Waals surface area (Å²) in [4.78, 5) is 21.9. The van der Waals surface area contributed by atoms with E-state index in [2.05, 4.69) is 26.4 Å². The molecule has 2 aromatic carbocycles. The number of rotatable bonds is 5. The van der Waals surface area contributed by atoms with Crippen LogP contribution in [0, 0.1) is 27.7 Å². The van der Waals surface area contributed by atoms with Gasteiger partial charge in [-0.1, -0.05) is 47.7 Å². The van der Waals surface area contributed by atoms with E-state index in [1.165, 1.54) is 17.3 Å². The minimum absolute atomic E-state index is 0.116. The molecule has 0 saturated carbocycles. The Morgan fingerprint density at radius 1 is 1.03 bits per heavy atom. The predicted octanol–water partition coefficient (Wildman–Crippen LogP) is 4.90. The lowest BCUT2D eigenvalue weighted by molar-refractivity contribution is 0.102. The van der Waals surface area contributed by atoms with E-state index in [9.17, 15) is 4.79 Å². The van der Waals surface area contributed by atoms with Gasteiger partial charge in [0.1, 0.15) is 0 Å². The molecule has 7 heteroatoms. The smallest absolute Gasteiger partial charge is 0.255 e. The van der Waals surface area contributed by atoms with Crippen molar-refractivity contribution in [3.05, 3.63) is 82.2 Å². The first-order chi connectivity index (χ1) is 14.4. The molecule has 4 rings (SSSR count). The lowest BCUT2D eigenvalue weighted by atomic mass is 10.1. The molecule has 0 radical (unpaired) electrons. The summed E-state index contributed by atoms with van der Waals surface area (Å²) in [5, 5.41) is 8.21. The Labute approximate surface area is 179 Å². The van der Waals surface area contributed by atoms with Gasteiger partial charge in [-0.05, 0) is 57.0 Å². The predicted molar refractivity (Wildman–Crippen MR) is 120 cm³/mol. The van der Waals surface area contributed by atoms with Gasteiger partial charge in [-0.25, -0.2) is 9.50 Å². The zero-order chi connectivity index (χ0) is 21.3. The third-order valence-electron chi connectivity index (χ3n) is 4.85. The van der Waals surface area contributed by atoms with E-state index in [0.29, 0.717) is 22.3 Å². The summed E-state index contributed by atoms with van der Waals surface area (Å²) in [7, 11) is 0. The number of aromatic nitrogens is 4. The van der Waals surface area contributed by atoms with E-state index < -0.39 is 0 Å². The van der Waals surface area contributed by atoms with Gasteiger partial charge in [0.05, 0.1) is 0 Å². The molecular weight excluding hydrogens is 394 g/mol. The van der Waals surface area contributed by atoms with Crippen LogP contribution >= 0.6 is 11.8 Å². The van der Waals surface area contributed by atoms with Crippen molar-refractivity contribution in [2.75, 3.05) is 5.32 Å². The zero-order valence-electron chi connectivity index (χ0n) is 17.4. The van der Waals surface area contributed by atoms with Crippen LogP contribution in [-0.2, 0) is 5.75 Å². The van der Waals surface area contributed by atoms with Crippen LogP contribution in [0.2, 0.25) is 0 Å². The van der Waals surface area contributed by atoms with Gasteiger partial charge in [-0.15, -0.1) is 5.10 Å². The number of hydrogen-bond donors (Lipinski definition) is 1. The Kier molecular flexibility index (Phi) is 5.55. The van der Waals surface area contributed by atoms with Crippen LogP contribution in [-0.4, -0.2) is 25.5 Å². The standard InChI is InChI=1S/C23H23N5OS/c1-14-9-10-20(15(2)11-14)25-21(29)19-8-6-5-7-18(19)13-30-23-26-22-24-16(3)12-17(4)28(22)27-23/h5-12H,13H2,1-4H3,(H,25,29). The number of nitrogens with one attached hydrogen (secondary N) is 1. The van der Waals surface area contributed by atoms with Crippen molar-refractivity contribution in [3.8, 4) is 0 Å². The summed E-state index contributed by atoms with van der Waals surface area (Å²) in [5.74, 6) is 1.07. The highest BCUT2D eigenvalue weighted by atomic mass is 32.2. The number of thioether (sulfide) groups is 1. The number of amides is 1. The largest absolute Gasteiger partial charge is 0.322 e. The summed E-state index contributed by atoms with van der Waals surface area (Å²) < 4.78 is 1.74. The number of carbonyl (C=O) groups excluding carboxylic acids is 1. The molecular formula is C23H23N5OS. The summed E-state index contributed by atoms with van der Waals surface area (Å²) in [6.07, 6.45) is 0. The monoisotopic (exact) mass is 417 g/mol. The average Bonchev–Trinajstić information content (AvgIpc) is 3.12. The molecule has 152 valence electrons. The number of nitrogens with zero attached hydrogens (tertiary/aromatic N) is 4. The van der Waals surface area contributed by atoms with Gasteiger partial charge in [0.25, 0.3) is 11.7 Å². The van der Waals surface area contributed by atoms with Crippen molar-refractivity contribution < 1.29 is 4.79 Å². The van der Waals surface area contributed by atoms with Crippen molar-refractivity contribution in [1.82, 2.24) is 19.6 Å². The molecule has 0 unspecified atom stereocenters.